The van der Waals surface area contributed by atoms with E-state index in [0.717, 1.165) is 23.7 Å². The SMILES string of the molecule is CC(C)CC1CNCCC12CCC(C)C(C)C2. The van der Waals surface area contributed by atoms with Gasteiger partial charge in [-0.3, -0.25) is 0 Å². The van der Waals surface area contributed by atoms with Crippen molar-refractivity contribution < 1.29 is 0 Å². The highest BCUT2D eigenvalue weighted by Crippen LogP contribution is 2.51. The van der Waals surface area contributed by atoms with Crippen LogP contribution in [-0.2, 0) is 0 Å². The molecule has 0 aromatic carbocycles. The minimum atomic E-state index is 0.696. The molecular weight excluding hydrogens is 206 g/mol. The van der Waals surface area contributed by atoms with Crippen molar-refractivity contribution in [2.24, 2.45) is 29.1 Å². The van der Waals surface area contributed by atoms with Gasteiger partial charge in [-0.1, -0.05) is 27.7 Å². The third-order valence-electron chi connectivity index (χ3n) is 5.61. The van der Waals surface area contributed by atoms with Crippen LogP contribution in [0.1, 0.15) is 59.8 Å². The maximum absolute atomic E-state index is 3.64. The summed E-state index contributed by atoms with van der Waals surface area (Å²) in [6.07, 6.45) is 7.32. The van der Waals surface area contributed by atoms with E-state index >= 15 is 0 Å². The summed E-state index contributed by atoms with van der Waals surface area (Å²) in [5, 5.41) is 3.64. The third kappa shape index (κ3) is 2.86. The monoisotopic (exact) mass is 237 g/mol. The molecule has 100 valence electrons. The second-order valence-electron chi connectivity index (χ2n) is 7.34. The molecule has 0 amide bonds. The Kier molecular flexibility index (Phi) is 4.18. The number of piperidine rings is 1. The van der Waals surface area contributed by atoms with Gasteiger partial charge in [0.05, 0.1) is 0 Å². The van der Waals surface area contributed by atoms with Crippen LogP contribution in [0.5, 0.6) is 0 Å². The third-order valence-corrected chi connectivity index (χ3v) is 5.61. The van der Waals surface area contributed by atoms with Crippen LogP contribution in [0, 0.1) is 29.1 Å². The Morgan fingerprint density at radius 2 is 1.94 bits per heavy atom. The number of hydrogen-bond donors (Lipinski definition) is 1. The molecule has 0 aromatic heterocycles. The first kappa shape index (κ1) is 13.4. The molecule has 1 heterocycles. The molecule has 1 saturated carbocycles. The van der Waals surface area contributed by atoms with Gasteiger partial charge in [0.2, 0.25) is 0 Å². The predicted molar refractivity (Wildman–Crippen MR) is 75.0 cm³/mol. The summed E-state index contributed by atoms with van der Waals surface area (Å²) in [7, 11) is 0. The van der Waals surface area contributed by atoms with Crippen LogP contribution >= 0.6 is 0 Å². The van der Waals surface area contributed by atoms with Gasteiger partial charge in [0.15, 0.2) is 0 Å². The van der Waals surface area contributed by atoms with Crippen molar-refractivity contribution in [3.05, 3.63) is 0 Å². The lowest BCUT2D eigenvalue weighted by Crippen LogP contribution is -2.48. The maximum Gasteiger partial charge on any atom is -0.00151 e. The molecule has 1 nitrogen and oxygen atoms in total. The number of nitrogens with one attached hydrogen (secondary N) is 1. The Morgan fingerprint density at radius 1 is 1.18 bits per heavy atom. The van der Waals surface area contributed by atoms with Crippen LogP contribution in [0.15, 0.2) is 0 Å². The van der Waals surface area contributed by atoms with E-state index in [0.29, 0.717) is 5.41 Å². The molecule has 2 aliphatic rings. The predicted octanol–water partition coefficient (Wildman–Crippen LogP) is 4.08. The molecule has 17 heavy (non-hydrogen) atoms. The highest BCUT2D eigenvalue weighted by molar-refractivity contribution is 4.96. The largest absolute Gasteiger partial charge is 0.316 e. The average Bonchev–Trinajstić information content (AvgIpc) is 2.27. The second-order valence-corrected chi connectivity index (χ2v) is 7.34. The summed E-state index contributed by atoms with van der Waals surface area (Å²) in [4.78, 5) is 0. The molecule has 1 N–H and O–H groups in total. The van der Waals surface area contributed by atoms with Gasteiger partial charge in [-0.2, -0.15) is 0 Å². The fraction of sp³-hybridized carbons (Fsp3) is 1.00. The van der Waals surface area contributed by atoms with E-state index in [-0.39, 0.29) is 0 Å². The Bertz CT molecular complexity index is 248. The normalized spacial score (nSPS) is 43.2. The molecule has 0 radical (unpaired) electrons. The molecule has 1 aliphatic heterocycles. The van der Waals surface area contributed by atoms with Gasteiger partial charge in [0.1, 0.15) is 0 Å². The van der Waals surface area contributed by atoms with Gasteiger partial charge in [0.25, 0.3) is 0 Å². The van der Waals surface area contributed by atoms with E-state index in [2.05, 4.69) is 33.0 Å². The van der Waals surface area contributed by atoms with Crippen molar-refractivity contribution >= 4 is 0 Å². The smallest absolute Gasteiger partial charge is 0.00151 e. The van der Waals surface area contributed by atoms with E-state index in [4.69, 9.17) is 0 Å². The minimum absolute atomic E-state index is 0.696. The van der Waals surface area contributed by atoms with Gasteiger partial charge in [-0.15, -0.1) is 0 Å². The van der Waals surface area contributed by atoms with Gasteiger partial charge >= 0.3 is 0 Å². The van der Waals surface area contributed by atoms with Gasteiger partial charge in [-0.05, 0) is 74.3 Å². The number of hydrogen-bond acceptors (Lipinski definition) is 1. The highest BCUT2D eigenvalue weighted by Gasteiger charge is 2.44. The van der Waals surface area contributed by atoms with Gasteiger partial charge in [-0.25, -0.2) is 0 Å². The summed E-state index contributed by atoms with van der Waals surface area (Å²) in [5.41, 5.74) is 0.696. The first-order valence-corrected chi connectivity index (χ1v) is 7.74. The molecule has 1 spiro atoms. The van der Waals surface area contributed by atoms with Gasteiger partial charge < -0.3 is 5.32 Å². The summed E-state index contributed by atoms with van der Waals surface area (Å²) < 4.78 is 0. The standard InChI is InChI=1S/C16H31N/c1-12(2)9-15-11-17-8-7-16(15)6-5-13(3)14(4)10-16/h12-15,17H,5-11H2,1-4H3. The van der Waals surface area contributed by atoms with Crippen molar-refractivity contribution in [1.82, 2.24) is 5.32 Å². The van der Waals surface area contributed by atoms with E-state index < -0.39 is 0 Å². The van der Waals surface area contributed by atoms with Crippen molar-refractivity contribution in [1.29, 1.82) is 0 Å². The summed E-state index contributed by atoms with van der Waals surface area (Å²) in [6, 6.07) is 0. The lowest BCUT2D eigenvalue weighted by molar-refractivity contribution is 0.00625. The van der Waals surface area contributed by atoms with E-state index in [1.807, 2.05) is 0 Å². The van der Waals surface area contributed by atoms with Crippen LogP contribution in [0.3, 0.4) is 0 Å². The zero-order chi connectivity index (χ0) is 12.5. The van der Waals surface area contributed by atoms with E-state index in [1.54, 1.807) is 0 Å². The van der Waals surface area contributed by atoms with Crippen LogP contribution in [0.4, 0.5) is 0 Å². The van der Waals surface area contributed by atoms with Crippen LogP contribution < -0.4 is 5.32 Å². The Hall–Kier alpha value is -0.0400. The Morgan fingerprint density at radius 3 is 2.59 bits per heavy atom. The fourth-order valence-corrected chi connectivity index (χ4v) is 4.28. The molecule has 2 fully saturated rings. The molecule has 1 heteroatoms. The molecule has 0 bridgehead atoms. The van der Waals surface area contributed by atoms with E-state index in [9.17, 15) is 0 Å². The summed E-state index contributed by atoms with van der Waals surface area (Å²) in [5.74, 6) is 3.68. The maximum atomic E-state index is 3.64. The van der Waals surface area contributed by atoms with Crippen molar-refractivity contribution in [2.45, 2.75) is 59.8 Å². The highest BCUT2D eigenvalue weighted by atomic mass is 14.9. The molecular formula is C16H31N. The van der Waals surface area contributed by atoms with Crippen LogP contribution in [0.2, 0.25) is 0 Å². The zero-order valence-corrected chi connectivity index (χ0v) is 12.3. The fourth-order valence-electron chi connectivity index (χ4n) is 4.28. The zero-order valence-electron chi connectivity index (χ0n) is 12.3. The Balaban J connectivity index is 2.08. The molecule has 2 rings (SSSR count). The molecule has 1 saturated heterocycles. The molecule has 4 atom stereocenters. The second kappa shape index (κ2) is 5.30. The quantitative estimate of drug-likeness (QED) is 0.763. The van der Waals surface area contributed by atoms with Gasteiger partial charge in [0, 0.05) is 0 Å². The lowest BCUT2D eigenvalue weighted by Gasteiger charge is -2.51. The van der Waals surface area contributed by atoms with Crippen molar-refractivity contribution in [2.75, 3.05) is 13.1 Å². The topological polar surface area (TPSA) is 12.0 Å². The minimum Gasteiger partial charge on any atom is -0.316 e. The molecule has 1 aliphatic carbocycles. The van der Waals surface area contributed by atoms with Crippen LogP contribution in [0.25, 0.3) is 0 Å². The Labute approximate surface area is 108 Å². The lowest BCUT2D eigenvalue weighted by atomic mass is 9.57. The van der Waals surface area contributed by atoms with Crippen molar-refractivity contribution in [3.63, 3.8) is 0 Å². The first-order valence-electron chi connectivity index (χ1n) is 7.74. The molecule has 4 unspecified atom stereocenters. The molecule has 0 aromatic rings. The summed E-state index contributed by atoms with van der Waals surface area (Å²) in [6.45, 7) is 12.2. The van der Waals surface area contributed by atoms with Crippen molar-refractivity contribution in [3.8, 4) is 0 Å². The average molecular weight is 237 g/mol. The van der Waals surface area contributed by atoms with Crippen LogP contribution in [-0.4, -0.2) is 13.1 Å². The van der Waals surface area contributed by atoms with E-state index in [1.165, 1.54) is 45.2 Å². The summed E-state index contributed by atoms with van der Waals surface area (Å²) >= 11 is 0. The first-order chi connectivity index (χ1) is 8.03. The number of rotatable bonds is 2.